The molecule has 0 spiro atoms. The number of hydrogen-bond acceptors (Lipinski definition) is 4. The van der Waals surface area contributed by atoms with E-state index in [4.69, 9.17) is 20.9 Å². The van der Waals surface area contributed by atoms with Crippen LogP contribution in [0.2, 0.25) is 5.02 Å². The largest absolute Gasteiger partial charge is 0.381 e. The van der Waals surface area contributed by atoms with E-state index in [1.165, 1.54) is 6.07 Å². The molecule has 1 aromatic heterocycles. The summed E-state index contributed by atoms with van der Waals surface area (Å²) in [7, 11) is 0. The number of benzene rings is 1. The van der Waals surface area contributed by atoms with Crippen LogP contribution < -0.4 is 0 Å². The predicted octanol–water partition coefficient (Wildman–Crippen LogP) is 3.42. The third-order valence-corrected chi connectivity index (χ3v) is 3.50. The molecule has 0 saturated carbocycles. The monoisotopic (exact) mass is 282 g/mol. The first-order valence-electron chi connectivity index (χ1n) is 6.11. The molecule has 0 N–H and O–H groups in total. The predicted molar refractivity (Wildman–Crippen MR) is 67.5 cm³/mol. The highest BCUT2D eigenvalue weighted by Gasteiger charge is 2.23. The van der Waals surface area contributed by atoms with Crippen molar-refractivity contribution in [1.29, 1.82) is 0 Å². The minimum atomic E-state index is -0.525. The van der Waals surface area contributed by atoms with Crippen LogP contribution in [-0.2, 0) is 4.74 Å². The molecular formula is C13H12ClFN2O2. The van der Waals surface area contributed by atoms with Crippen molar-refractivity contribution in [3.05, 3.63) is 34.9 Å². The van der Waals surface area contributed by atoms with Gasteiger partial charge >= 0.3 is 0 Å². The van der Waals surface area contributed by atoms with Crippen LogP contribution in [0.5, 0.6) is 0 Å². The molecule has 2 aromatic rings. The van der Waals surface area contributed by atoms with Crippen molar-refractivity contribution in [3.8, 4) is 11.4 Å². The summed E-state index contributed by atoms with van der Waals surface area (Å²) in [5.41, 5.74) is 0.259. The molecule has 3 rings (SSSR count). The molecule has 0 unspecified atom stereocenters. The Morgan fingerprint density at radius 2 is 2.05 bits per heavy atom. The summed E-state index contributed by atoms with van der Waals surface area (Å²) in [5.74, 6) is 0.444. The van der Waals surface area contributed by atoms with Crippen molar-refractivity contribution < 1.29 is 13.7 Å². The van der Waals surface area contributed by atoms with Crippen LogP contribution >= 0.6 is 11.6 Å². The molecule has 1 aliphatic heterocycles. The zero-order valence-corrected chi connectivity index (χ0v) is 10.9. The fourth-order valence-corrected chi connectivity index (χ4v) is 2.31. The van der Waals surface area contributed by atoms with Gasteiger partial charge in [-0.15, -0.1) is 0 Å². The molecule has 1 aliphatic rings. The molecule has 0 amide bonds. The Labute approximate surface area is 114 Å². The van der Waals surface area contributed by atoms with E-state index in [1.807, 2.05) is 0 Å². The molecule has 0 radical (unpaired) electrons. The minimum absolute atomic E-state index is 0.0508. The molecule has 19 heavy (non-hydrogen) atoms. The van der Waals surface area contributed by atoms with Crippen LogP contribution in [-0.4, -0.2) is 23.4 Å². The first-order chi connectivity index (χ1) is 9.25. The van der Waals surface area contributed by atoms with Gasteiger partial charge in [-0.25, -0.2) is 4.39 Å². The quantitative estimate of drug-likeness (QED) is 0.847. The van der Waals surface area contributed by atoms with Crippen LogP contribution in [0.1, 0.15) is 24.7 Å². The third kappa shape index (κ3) is 2.48. The average molecular weight is 283 g/mol. The molecule has 100 valence electrons. The van der Waals surface area contributed by atoms with Gasteiger partial charge < -0.3 is 9.26 Å². The van der Waals surface area contributed by atoms with Gasteiger partial charge in [0.15, 0.2) is 5.82 Å². The molecule has 1 fully saturated rings. The molecule has 4 nitrogen and oxygen atoms in total. The van der Waals surface area contributed by atoms with E-state index >= 15 is 0 Å². The van der Waals surface area contributed by atoms with Gasteiger partial charge in [-0.1, -0.05) is 22.8 Å². The molecule has 1 saturated heterocycles. The van der Waals surface area contributed by atoms with E-state index in [-0.39, 0.29) is 22.3 Å². The summed E-state index contributed by atoms with van der Waals surface area (Å²) >= 11 is 5.74. The number of aromatic nitrogens is 2. The Bertz CT molecular complexity index is 582. The normalized spacial score (nSPS) is 16.7. The van der Waals surface area contributed by atoms with Crippen LogP contribution in [0.15, 0.2) is 22.7 Å². The fraction of sp³-hybridized carbons (Fsp3) is 0.385. The molecular weight excluding hydrogens is 271 g/mol. The lowest BCUT2D eigenvalue weighted by atomic mass is 10.0. The highest BCUT2D eigenvalue weighted by atomic mass is 35.5. The van der Waals surface area contributed by atoms with E-state index in [9.17, 15) is 4.39 Å². The van der Waals surface area contributed by atoms with E-state index in [2.05, 4.69) is 10.1 Å². The molecule has 2 heterocycles. The van der Waals surface area contributed by atoms with Crippen LogP contribution in [0, 0.1) is 5.82 Å². The molecule has 0 bridgehead atoms. The number of hydrogen-bond donors (Lipinski definition) is 0. The standard InChI is InChI=1S/C13H12ClFN2O2/c14-10-3-1-2-9(11(10)15)12-16-13(19-17-12)8-4-6-18-7-5-8/h1-3,8H,4-7H2. The van der Waals surface area contributed by atoms with Crippen LogP contribution in [0.3, 0.4) is 0 Å². The second-order valence-corrected chi connectivity index (χ2v) is 4.85. The summed E-state index contributed by atoms with van der Waals surface area (Å²) in [6.07, 6.45) is 1.69. The third-order valence-electron chi connectivity index (χ3n) is 3.20. The number of nitrogens with zero attached hydrogens (tertiary/aromatic N) is 2. The Morgan fingerprint density at radius 1 is 1.26 bits per heavy atom. The Kier molecular flexibility index (Phi) is 3.48. The van der Waals surface area contributed by atoms with E-state index < -0.39 is 5.82 Å². The van der Waals surface area contributed by atoms with Crippen molar-refractivity contribution in [1.82, 2.24) is 10.1 Å². The lowest BCUT2D eigenvalue weighted by molar-refractivity contribution is 0.0778. The summed E-state index contributed by atoms with van der Waals surface area (Å²) in [4.78, 5) is 4.27. The van der Waals surface area contributed by atoms with Crippen LogP contribution in [0.4, 0.5) is 4.39 Å². The van der Waals surface area contributed by atoms with Gasteiger partial charge in [0.1, 0.15) is 0 Å². The van der Waals surface area contributed by atoms with Crippen molar-refractivity contribution >= 4 is 11.6 Å². The SMILES string of the molecule is Fc1c(Cl)cccc1-c1noc(C2CCOCC2)n1. The van der Waals surface area contributed by atoms with Gasteiger partial charge in [-0.2, -0.15) is 4.98 Å². The lowest BCUT2D eigenvalue weighted by Crippen LogP contribution is -2.14. The second-order valence-electron chi connectivity index (χ2n) is 4.44. The first-order valence-corrected chi connectivity index (χ1v) is 6.49. The Hall–Kier alpha value is -1.46. The number of rotatable bonds is 2. The van der Waals surface area contributed by atoms with Crippen molar-refractivity contribution in [2.75, 3.05) is 13.2 Å². The van der Waals surface area contributed by atoms with Gasteiger partial charge in [-0.3, -0.25) is 0 Å². The first kappa shape index (κ1) is 12.6. The van der Waals surface area contributed by atoms with Crippen molar-refractivity contribution in [2.45, 2.75) is 18.8 Å². The maximum atomic E-state index is 13.9. The summed E-state index contributed by atoms with van der Waals surface area (Å²) in [6, 6.07) is 4.73. The highest BCUT2D eigenvalue weighted by Crippen LogP contribution is 2.29. The Balaban J connectivity index is 1.90. The number of ether oxygens (including phenoxy) is 1. The summed E-state index contributed by atoms with van der Waals surface area (Å²) < 4.78 is 24.4. The molecule has 6 heteroatoms. The van der Waals surface area contributed by atoms with E-state index in [1.54, 1.807) is 12.1 Å². The maximum Gasteiger partial charge on any atom is 0.230 e. The van der Waals surface area contributed by atoms with Gasteiger partial charge in [0.25, 0.3) is 0 Å². The van der Waals surface area contributed by atoms with Crippen molar-refractivity contribution in [3.63, 3.8) is 0 Å². The van der Waals surface area contributed by atoms with Gasteiger partial charge in [0.05, 0.1) is 10.6 Å². The summed E-state index contributed by atoms with van der Waals surface area (Å²) in [6.45, 7) is 1.38. The average Bonchev–Trinajstić information content (AvgIpc) is 2.92. The zero-order chi connectivity index (χ0) is 13.2. The minimum Gasteiger partial charge on any atom is -0.381 e. The zero-order valence-electron chi connectivity index (χ0n) is 10.1. The fourth-order valence-electron chi connectivity index (χ4n) is 2.13. The number of halogens is 2. The molecule has 0 atom stereocenters. The highest BCUT2D eigenvalue weighted by molar-refractivity contribution is 6.31. The smallest absolute Gasteiger partial charge is 0.230 e. The second kappa shape index (κ2) is 5.27. The van der Waals surface area contributed by atoms with Gasteiger partial charge in [0.2, 0.25) is 11.7 Å². The topological polar surface area (TPSA) is 48.2 Å². The van der Waals surface area contributed by atoms with Crippen molar-refractivity contribution in [2.24, 2.45) is 0 Å². The molecule has 0 aliphatic carbocycles. The Morgan fingerprint density at radius 3 is 2.84 bits per heavy atom. The lowest BCUT2D eigenvalue weighted by Gasteiger charge is -2.17. The van der Waals surface area contributed by atoms with Crippen LogP contribution in [0.25, 0.3) is 11.4 Å². The van der Waals surface area contributed by atoms with Gasteiger partial charge in [0, 0.05) is 19.1 Å². The van der Waals surface area contributed by atoms with E-state index in [0.29, 0.717) is 19.1 Å². The molecule has 1 aromatic carbocycles. The van der Waals surface area contributed by atoms with Gasteiger partial charge in [-0.05, 0) is 25.0 Å². The van der Waals surface area contributed by atoms with E-state index in [0.717, 1.165) is 12.8 Å². The maximum absolute atomic E-state index is 13.9. The summed E-state index contributed by atoms with van der Waals surface area (Å²) in [5, 5.41) is 3.89.